The van der Waals surface area contributed by atoms with Crippen molar-refractivity contribution in [2.75, 3.05) is 0 Å². The molecular formula is C30H30N2S. The van der Waals surface area contributed by atoms with Crippen molar-refractivity contribution < 1.29 is 0 Å². The Balaban J connectivity index is 1.65. The van der Waals surface area contributed by atoms with Crippen LogP contribution in [-0.4, -0.2) is 9.97 Å². The Morgan fingerprint density at radius 2 is 1.70 bits per heavy atom. The van der Waals surface area contributed by atoms with Gasteiger partial charge in [-0.15, -0.1) is 11.3 Å². The molecule has 0 aliphatic carbocycles. The summed E-state index contributed by atoms with van der Waals surface area (Å²) in [5.41, 5.74) is 7.03. The van der Waals surface area contributed by atoms with Gasteiger partial charge in [0.1, 0.15) is 0 Å². The van der Waals surface area contributed by atoms with Gasteiger partial charge >= 0.3 is 0 Å². The van der Waals surface area contributed by atoms with Crippen molar-refractivity contribution in [2.45, 2.75) is 46.5 Å². The third-order valence-corrected chi connectivity index (χ3v) is 7.18. The van der Waals surface area contributed by atoms with Gasteiger partial charge in [-0.2, -0.15) is 0 Å². The molecule has 0 atom stereocenters. The number of hydrogen-bond donors (Lipinski definition) is 0. The number of hydrogen-bond acceptors (Lipinski definition) is 3. The number of aromatic nitrogens is 2. The highest BCUT2D eigenvalue weighted by molar-refractivity contribution is 7.17. The lowest BCUT2D eigenvalue weighted by Crippen LogP contribution is -2.12. The van der Waals surface area contributed by atoms with Crippen molar-refractivity contribution in [1.82, 2.24) is 9.97 Å². The van der Waals surface area contributed by atoms with Gasteiger partial charge in [-0.05, 0) is 75.4 Å². The molecule has 33 heavy (non-hydrogen) atoms. The van der Waals surface area contributed by atoms with Gasteiger partial charge in [-0.1, -0.05) is 58.9 Å². The van der Waals surface area contributed by atoms with Crippen molar-refractivity contribution in [2.24, 2.45) is 5.92 Å². The molecule has 0 radical (unpaired) electrons. The van der Waals surface area contributed by atoms with E-state index in [2.05, 4.69) is 101 Å². The van der Waals surface area contributed by atoms with Gasteiger partial charge in [0, 0.05) is 33.6 Å². The van der Waals surface area contributed by atoms with Crippen LogP contribution < -0.4 is 0 Å². The van der Waals surface area contributed by atoms with Crippen LogP contribution in [0.2, 0.25) is 0 Å². The zero-order valence-corrected chi connectivity index (χ0v) is 20.8. The van der Waals surface area contributed by atoms with Crippen LogP contribution in [0.1, 0.15) is 45.7 Å². The van der Waals surface area contributed by atoms with Gasteiger partial charge in [0.05, 0.1) is 11.4 Å². The van der Waals surface area contributed by atoms with E-state index in [1.165, 1.54) is 32.0 Å². The molecule has 2 nitrogen and oxygen atoms in total. The van der Waals surface area contributed by atoms with Gasteiger partial charge in [0.2, 0.25) is 0 Å². The van der Waals surface area contributed by atoms with Crippen molar-refractivity contribution in [1.29, 1.82) is 0 Å². The predicted octanol–water partition coefficient (Wildman–Crippen LogP) is 8.67. The molecule has 0 aliphatic heterocycles. The van der Waals surface area contributed by atoms with Crippen molar-refractivity contribution in [3.63, 3.8) is 0 Å². The molecule has 3 aromatic heterocycles. The molecule has 3 heterocycles. The Labute approximate surface area is 200 Å². The highest BCUT2D eigenvalue weighted by Crippen LogP contribution is 2.37. The van der Waals surface area contributed by atoms with Crippen molar-refractivity contribution in [3.8, 4) is 22.5 Å². The number of fused-ring (bicyclic) bond motifs is 2. The van der Waals surface area contributed by atoms with E-state index in [-0.39, 0.29) is 5.41 Å². The summed E-state index contributed by atoms with van der Waals surface area (Å²) in [6.45, 7) is 11.4. The van der Waals surface area contributed by atoms with Crippen LogP contribution in [0.3, 0.4) is 0 Å². The van der Waals surface area contributed by atoms with E-state index in [0.29, 0.717) is 5.92 Å². The molecular weight excluding hydrogens is 420 g/mol. The first-order valence-electron chi connectivity index (χ1n) is 11.7. The van der Waals surface area contributed by atoms with Crippen molar-refractivity contribution in [3.05, 3.63) is 83.5 Å². The monoisotopic (exact) mass is 450 g/mol. The molecule has 2 aromatic carbocycles. The normalized spacial score (nSPS) is 12.2. The van der Waals surface area contributed by atoms with E-state index in [9.17, 15) is 0 Å². The van der Waals surface area contributed by atoms with E-state index >= 15 is 0 Å². The van der Waals surface area contributed by atoms with Gasteiger partial charge in [0.25, 0.3) is 0 Å². The molecule has 0 bridgehead atoms. The highest BCUT2D eigenvalue weighted by atomic mass is 32.1. The molecule has 0 aliphatic rings. The molecule has 0 N–H and O–H groups in total. The summed E-state index contributed by atoms with van der Waals surface area (Å²) in [7, 11) is 0. The van der Waals surface area contributed by atoms with E-state index in [0.717, 1.165) is 28.9 Å². The molecule has 0 unspecified atom stereocenters. The number of rotatable bonds is 4. The number of thiophene rings is 1. The maximum atomic E-state index is 4.92. The summed E-state index contributed by atoms with van der Waals surface area (Å²) in [5.74, 6) is 0.611. The predicted molar refractivity (Wildman–Crippen MR) is 143 cm³/mol. The molecule has 166 valence electrons. The van der Waals surface area contributed by atoms with E-state index in [1.807, 2.05) is 17.5 Å². The summed E-state index contributed by atoms with van der Waals surface area (Å²) in [6.07, 6.45) is 5.04. The Bertz CT molecular complexity index is 1450. The fraction of sp³-hybridized carbons (Fsp3) is 0.267. The second-order valence-corrected chi connectivity index (χ2v) is 11.2. The first-order valence-corrected chi connectivity index (χ1v) is 12.5. The standard InChI is InChI=1S/C30H30N2S/c1-19(2)14-23-18-32-28(25-11-13-33-29(23)25)21-10-12-31-27(17-21)22-15-20-8-6-7-9-24(20)26(16-22)30(3,4)5/h6-13,15-19H,14H2,1-5H3. The molecule has 5 aromatic rings. The minimum absolute atomic E-state index is 0.0455. The summed E-state index contributed by atoms with van der Waals surface area (Å²) < 4.78 is 1.35. The Hall–Kier alpha value is -3.04. The van der Waals surface area contributed by atoms with Crippen LogP contribution in [-0.2, 0) is 11.8 Å². The number of benzene rings is 2. The Kier molecular flexibility index (Phi) is 5.54. The average Bonchev–Trinajstić information content (AvgIpc) is 3.28. The summed E-state index contributed by atoms with van der Waals surface area (Å²) in [5, 5.41) is 5.99. The largest absolute Gasteiger partial charge is 0.256 e. The number of nitrogens with zero attached hydrogens (tertiary/aromatic N) is 2. The van der Waals surface area contributed by atoms with Gasteiger partial charge in [-0.25, -0.2) is 0 Å². The maximum absolute atomic E-state index is 4.92. The van der Waals surface area contributed by atoms with Crippen LogP contribution >= 0.6 is 11.3 Å². The van der Waals surface area contributed by atoms with Crippen molar-refractivity contribution >= 4 is 32.2 Å². The van der Waals surface area contributed by atoms with Crippen LogP contribution in [0.25, 0.3) is 43.4 Å². The SMILES string of the molecule is CC(C)Cc1cnc(-c2ccnc(-c3cc(C(C)(C)C)c4ccccc4c3)c2)c2ccsc12. The second-order valence-electron chi connectivity index (χ2n) is 10.3. The van der Waals surface area contributed by atoms with E-state index in [1.54, 1.807) is 0 Å². The first kappa shape index (κ1) is 21.8. The highest BCUT2D eigenvalue weighted by Gasteiger charge is 2.19. The average molecular weight is 451 g/mol. The molecule has 0 spiro atoms. The fourth-order valence-corrected chi connectivity index (χ4v) is 5.56. The van der Waals surface area contributed by atoms with Gasteiger partial charge < -0.3 is 0 Å². The Morgan fingerprint density at radius 1 is 0.879 bits per heavy atom. The van der Waals surface area contributed by atoms with Crippen LogP contribution in [0.4, 0.5) is 0 Å². The second kappa shape index (κ2) is 8.39. The lowest BCUT2D eigenvalue weighted by atomic mass is 9.82. The number of pyridine rings is 2. The molecule has 0 fully saturated rings. The van der Waals surface area contributed by atoms with Gasteiger partial charge in [0.15, 0.2) is 0 Å². The molecule has 5 rings (SSSR count). The minimum Gasteiger partial charge on any atom is -0.256 e. The Morgan fingerprint density at radius 3 is 2.48 bits per heavy atom. The van der Waals surface area contributed by atoms with Crippen LogP contribution in [0, 0.1) is 5.92 Å². The summed E-state index contributed by atoms with van der Waals surface area (Å²) in [6, 6.07) is 19.7. The topological polar surface area (TPSA) is 25.8 Å². The first-order chi connectivity index (χ1) is 15.8. The van der Waals surface area contributed by atoms with Crippen LogP contribution in [0.5, 0.6) is 0 Å². The minimum atomic E-state index is 0.0455. The molecule has 0 amide bonds. The zero-order chi connectivity index (χ0) is 23.2. The molecule has 0 saturated heterocycles. The molecule has 0 saturated carbocycles. The zero-order valence-electron chi connectivity index (χ0n) is 20.0. The quantitative estimate of drug-likeness (QED) is 0.274. The lowest BCUT2D eigenvalue weighted by Gasteiger charge is -2.22. The van der Waals surface area contributed by atoms with Gasteiger partial charge in [-0.3, -0.25) is 9.97 Å². The molecule has 3 heteroatoms. The van der Waals surface area contributed by atoms with E-state index < -0.39 is 0 Å². The third-order valence-electron chi connectivity index (χ3n) is 6.19. The third kappa shape index (κ3) is 4.18. The van der Waals surface area contributed by atoms with Crippen LogP contribution in [0.15, 0.2) is 72.4 Å². The summed E-state index contributed by atoms with van der Waals surface area (Å²) >= 11 is 1.82. The fourth-order valence-electron chi connectivity index (χ4n) is 4.65. The smallest absolute Gasteiger partial charge is 0.0790 e. The van der Waals surface area contributed by atoms with E-state index in [4.69, 9.17) is 9.97 Å². The lowest BCUT2D eigenvalue weighted by molar-refractivity contribution is 0.596. The summed E-state index contributed by atoms with van der Waals surface area (Å²) in [4.78, 5) is 9.69. The maximum Gasteiger partial charge on any atom is 0.0790 e.